The van der Waals surface area contributed by atoms with Crippen LogP contribution < -0.4 is 5.32 Å². The van der Waals surface area contributed by atoms with Crippen LogP contribution in [0, 0.1) is 5.92 Å². The Bertz CT molecular complexity index is 525. The number of rotatable bonds is 6. The Balaban J connectivity index is 1.57. The van der Waals surface area contributed by atoms with Crippen LogP contribution in [0.1, 0.15) is 30.2 Å². The molecule has 2 aliphatic heterocycles. The summed E-state index contributed by atoms with van der Waals surface area (Å²) in [4.78, 5) is 12.2. The van der Waals surface area contributed by atoms with Gasteiger partial charge in [-0.2, -0.15) is 5.10 Å². The molecule has 23 heavy (non-hydrogen) atoms. The van der Waals surface area contributed by atoms with Crippen molar-refractivity contribution in [3.05, 3.63) is 17.5 Å². The number of carbonyl (C=O) groups is 1. The number of hydrogen-bond donors (Lipinski definition) is 1. The fourth-order valence-corrected chi connectivity index (χ4v) is 3.08. The van der Waals surface area contributed by atoms with Crippen molar-refractivity contribution in [2.45, 2.75) is 31.9 Å². The molecule has 0 unspecified atom stereocenters. The lowest BCUT2D eigenvalue weighted by molar-refractivity contribution is -0.128. The van der Waals surface area contributed by atoms with E-state index in [9.17, 15) is 4.79 Å². The van der Waals surface area contributed by atoms with Crippen LogP contribution in [0.5, 0.6) is 0 Å². The monoisotopic (exact) mass is 323 g/mol. The Morgan fingerprint density at radius 2 is 2.26 bits per heavy atom. The first kappa shape index (κ1) is 16.4. The van der Waals surface area contributed by atoms with Crippen LogP contribution in [0.15, 0.2) is 6.20 Å². The number of nitrogens with zero attached hydrogens (tertiary/aromatic N) is 2. The highest BCUT2D eigenvalue weighted by Gasteiger charge is 2.27. The summed E-state index contributed by atoms with van der Waals surface area (Å²) < 4.78 is 18.1. The molecule has 3 rings (SSSR count). The van der Waals surface area contributed by atoms with Gasteiger partial charge in [-0.3, -0.25) is 9.48 Å². The number of fused-ring (bicyclic) bond motifs is 1. The summed E-state index contributed by atoms with van der Waals surface area (Å²) in [5, 5.41) is 7.62. The minimum atomic E-state index is -0.161. The van der Waals surface area contributed by atoms with Crippen molar-refractivity contribution in [1.82, 2.24) is 15.1 Å². The second-order valence-electron chi connectivity index (χ2n) is 6.04. The molecule has 0 radical (unpaired) electrons. The minimum Gasteiger partial charge on any atom is -0.383 e. The van der Waals surface area contributed by atoms with Gasteiger partial charge in [0.05, 0.1) is 25.5 Å². The van der Waals surface area contributed by atoms with Gasteiger partial charge in [-0.15, -0.1) is 0 Å². The van der Waals surface area contributed by atoms with E-state index in [1.807, 2.05) is 4.68 Å². The van der Waals surface area contributed by atoms with Crippen molar-refractivity contribution >= 4 is 5.91 Å². The molecule has 1 saturated heterocycles. The first-order valence-electron chi connectivity index (χ1n) is 8.30. The van der Waals surface area contributed by atoms with Gasteiger partial charge in [0.2, 0.25) is 5.91 Å². The molecule has 1 fully saturated rings. The van der Waals surface area contributed by atoms with Crippen molar-refractivity contribution in [1.29, 1.82) is 0 Å². The molecule has 0 aromatic carbocycles. The van der Waals surface area contributed by atoms with Gasteiger partial charge in [-0.25, -0.2) is 0 Å². The number of amides is 1. The summed E-state index contributed by atoms with van der Waals surface area (Å²) >= 11 is 0. The average Bonchev–Trinajstić information content (AvgIpc) is 3.02. The third-order valence-corrected chi connectivity index (χ3v) is 4.44. The van der Waals surface area contributed by atoms with Crippen LogP contribution in [-0.2, 0) is 32.0 Å². The van der Waals surface area contributed by atoms with Gasteiger partial charge in [-0.1, -0.05) is 0 Å². The van der Waals surface area contributed by atoms with Crippen LogP contribution in [0.25, 0.3) is 0 Å². The maximum atomic E-state index is 12.2. The number of methoxy groups -OCH3 is 1. The molecule has 2 aliphatic rings. The van der Waals surface area contributed by atoms with Crippen LogP contribution in [0.4, 0.5) is 0 Å². The topological polar surface area (TPSA) is 74.6 Å². The van der Waals surface area contributed by atoms with E-state index in [4.69, 9.17) is 14.2 Å². The third kappa shape index (κ3) is 4.10. The number of carbonyl (C=O) groups excluding carboxylic acids is 1. The lowest BCUT2D eigenvalue weighted by Crippen LogP contribution is -2.37. The highest BCUT2D eigenvalue weighted by Crippen LogP contribution is 2.25. The number of nitrogens with one attached hydrogen (secondary N) is 1. The zero-order chi connectivity index (χ0) is 16.1. The van der Waals surface area contributed by atoms with Crippen molar-refractivity contribution in [2.75, 3.05) is 40.1 Å². The molecule has 7 heteroatoms. The zero-order valence-electron chi connectivity index (χ0n) is 13.6. The Kier molecular flexibility index (Phi) is 5.64. The lowest BCUT2D eigenvalue weighted by atomic mass is 9.99. The number of aromatic nitrogens is 2. The van der Waals surface area contributed by atoms with Gasteiger partial charge in [0, 0.05) is 39.0 Å². The number of ether oxygens (including phenoxy) is 3. The second kappa shape index (κ2) is 7.90. The summed E-state index contributed by atoms with van der Waals surface area (Å²) in [6.45, 7) is 3.85. The molecule has 0 bridgehead atoms. The molecule has 7 nitrogen and oxygen atoms in total. The van der Waals surface area contributed by atoms with E-state index in [-0.39, 0.29) is 17.9 Å². The molecule has 1 amide bonds. The van der Waals surface area contributed by atoms with Crippen LogP contribution >= 0.6 is 0 Å². The summed E-state index contributed by atoms with van der Waals surface area (Å²) in [5.41, 5.74) is 2.15. The first-order chi connectivity index (χ1) is 11.3. The fourth-order valence-electron chi connectivity index (χ4n) is 3.08. The van der Waals surface area contributed by atoms with Crippen LogP contribution in [0.3, 0.4) is 0 Å². The van der Waals surface area contributed by atoms with Crippen LogP contribution in [-0.4, -0.2) is 55.8 Å². The fraction of sp³-hybridized carbons (Fsp3) is 0.750. The van der Waals surface area contributed by atoms with Gasteiger partial charge in [-0.05, 0) is 24.8 Å². The Morgan fingerprint density at radius 1 is 1.43 bits per heavy atom. The van der Waals surface area contributed by atoms with Crippen molar-refractivity contribution < 1.29 is 19.0 Å². The van der Waals surface area contributed by atoms with Crippen LogP contribution in [0.2, 0.25) is 0 Å². The van der Waals surface area contributed by atoms with Crippen molar-refractivity contribution in [2.24, 2.45) is 5.92 Å². The predicted molar refractivity (Wildman–Crippen MR) is 83.1 cm³/mol. The normalized spacial score (nSPS) is 21.9. The van der Waals surface area contributed by atoms with E-state index < -0.39 is 0 Å². The quantitative estimate of drug-likeness (QED) is 0.833. The van der Waals surface area contributed by atoms with E-state index in [1.54, 1.807) is 7.11 Å². The molecule has 0 saturated carbocycles. The Labute approximate surface area is 136 Å². The lowest BCUT2D eigenvalue weighted by Gasteiger charge is -2.25. The molecule has 0 spiro atoms. The van der Waals surface area contributed by atoms with Gasteiger partial charge < -0.3 is 19.5 Å². The van der Waals surface area contributed by atoms with Gasteiger partial charge >= 0.3 is 0 Å². The van der Waals surface area contributed by atoms with Crippen molar-refractivity contribution in [3.8, 4) is 0 Å². The SMILES string of the molecule is COCCn1cc2c(n1)[C@@H](CNC(=O)C1CCOCC1)OCC2. The Morgan fingerprint density at radius 3 is 3.04 bits per heavy atom. The molecule has 1 aromatic heterocycles. The molecule has 0 aliphatic carbocycles. The average molecular weight is 323 g/mol. The van der Waals surface area contributed by atoms with E-state index in [0.29, 0.717) is 33.0 Å². The van der Waals surface area contributed by atoms with Gasteiger partial charge in [0.15, 0.2) is 0 Å². The predicted octanol–water partition coefficient (Wildman–Crippen LogP) is 0.686. The maximum absolute atomic E-state index is 12.2. The maximum Gasteiger partial charge on any atom is 0.223 e. The third-order valence-electron chi connectivity index (χ3n) is 4.44. The van der Waals surface area contributed by atoms with E-state index in [0.717, 1.165) is 31.5 Å². The van der Waals surface area contributed by atoms with Gasteiger partial charge in [0.1, 0.15) is 6.10 Å². The molecular formula is C16H25N3O4. The molecule has 1 N–H and O–H groups in total. The second-order valence-corrected chi connectivity index (χ2v) is 6.04. The highest BCUT2D eigenvalue weighted by molar-refractivity contribution is 5.78. The molecule has 1 aromatic rings. The molecular weight excluding hydrogens is 298 g/mol. The molecule has 1 atom stereocenters. The summed E-state index contributed by atoms with van der Waals surface area (Å²) in [6, 6.07) is 0. The summed E-state index contributed by atoms with van der Waals surface area (Å²) in [7, 11) is 1.68. The Hall–Kier alpha value is -1.44. The van der Waals surface area contributed by atoms with E-state index in [1.165, 1.54) is 5.56 Å². The van der Waals surface area contributed by atoms with Gasteiger partial charge in [0.25, 0.3) is 0 Å². The minimum absolute atomic E-state index is 0.0612. The largest absolute Gasteiger partial charge is 0.383 e. The first-order valence-corrected chi connectivity index (χ1v) is 8.30. The molecule has 3 heterocycles. The highest BCUT2D eigenvalue weighted by atomic mass is 16.5. The van der Waals surface area contributed by atoms with E-state index in [2.05, 4.69) is 16.6 Å². The zero-order valence-corrected chi connectivity index (χ0v) is 13.6. The smallest absolute Gasteiger partial charge is 0.223 e. The summed E-state index contributed by atoms with van der Waals surface area (Å²) in [6.07, 6.45) is 4.37. The van der Waals surface area contributed by atoms with Crippen molar-refractivity contribution in [3.63, 3.8) is 0 Å². The molecule has 128 valence electrons. The number of hydrogen-bond acceptors (Lipinski definition) is 5. The summed E-state index contributed by atoms with van der Waals surface area (Å²) in [5.74, 6) is 0.161. The van der Waals surface area contributed by atoms with E-state index >= 15 is 0 Å². The standard InChI is InChI=1S/C16H25N3O4/c1-21-9-5-19-11-13-4-8-23-14(15(13)18-19)10-17-16(20)12-2-6-22-7-3-12/h11-12,14H,2-10H2,1H3,(H,17,20)/t14-/m1/s1.